The minimum Gasteiger partial charge on any atom is -0.462 e. The van der Waals surface area contributed by atoms with Crippen LogP contribution in [-0.4, -0.2) is 18.1 Å². The third kappa shape index (κ3) is 3.44. The maximum absolute atomic E-state index is 11.9. The molecule has 2 atom stereocenters. The standard InChI is InChI=1S/C14H25NO2/c1-14(2)7-5-12(6-8-14)17-13(16)10-3-4-11(15)9-10/h10-12H,3-9,15H2,1-2H3. The predicted octanol–water partition coefficient (Wildman–Crippen LogP) is 2.63. The van der Waals surface area contributed by atoms with Crippen molar-refractivity contribution in [3.8, 4) is 0 Å². The van der Waals surface area contributed by atoms with Crippen LogP contribution in [-0.2, 0) is 9.53 Å². The summed E-state index contributed by atoms with van der Waals surface area (Å²) in [6.45, 7) is 4.59. The van der Waals surface area contributed by atoms with E-state index in [0.717, 1.165) is 44.9 Å². The smallest absolute Gasteiger partial charge is 0.309 e. The molecule has 0 amide bonds. The first kappa shape index (κ1) is 12.9. The van der Waals surface area contributed by atoms with E-state index in [0.29, 0.717) is 5.41 Å². The Morgan fingerprint density at radius 1 is 1.18 bits per heavy atom. The first-order chi connectivity index (χ1) is 7.96. The number of hydrogen-bond acceptors (Lipinski definition) is 3. The van der Waals surface area contributed by atoms with Crippen LogP contribution in [0.1, 0.15) is 58.8 Å². The van der Waals surface area contributed by atoms with Crippen LogP contribution in [0.3, 0.4) is 0 Å². The molecule has 2 rings (SSSR count). The van der Waals surface area contributed by atoms with Gasteiger partial charge in [0.25, 0.3) is 0 Å². The molecule has 0 aliphatic heterocycles. The Morgan fingerprint density at radius 3 is 2.35 bits per heavy atom. The number of carbonyl (C=O) groups excluding carboxylic acids is 1. The summed E-state index contributed by atoms with van der Waals surface area (Å²) in [7, 11) is 0. The third-order valence-electron chi connectivity index (χ3n) is 4.38. The van der Waals surface area contributed by atoms with E-state index in [1.807, 2.05) is 0 Å². The Balaban J connectivity index is 1.76. The van der Waals surface area contributed by atoms with E-state index in [-0.39, 0.29) is 24.0 Å². The van der Waals surface area contributed by atoms with Crippen molar-refractivity contribution in [3.63, 3.8) is 0 Å². The summed E-state index contributed by atoms with van der Waals surface area (Å²) < 4.78 is 5.62. The molecule has 2 fully saturated rings. The molecule has 0 radical (unpaired) electrons. The average molecular weight is 239 g/mol. The Morgan fingerprint density at radius 2 is 1.82 bits per heavy atom. The number of ether oxygens (including phenoxy) is 1. The van der Waals surface area contributed by atoms with Crippen molar-refractivity contribution in [3.05, 3.63) is 0 Å². The lowest BCUT2D eigenvalue weighted by molar-refractivity contribution is -0.156. The molecule has 0 bridgehead atoms. The van der Waals surface area contributed by atoms with Crippen molar-refractivity contribution in [1.82, 2.24) is 0 Å². The summed E-state index contributed by atoms with van der Waals surface area (Å²) in [6.07, 6.45) is 7.23. The van der Waals surface area contributed by atoms with E-state index in [1.165, 1.54) is 0 Å². The fourth-order valence-corrected chi connectivity index (χ4v) is 2.98. The molecule has 2 aliphatic carbocycles. The van der Waals surface area contributed by atoms with Crippen LogP contribution >= 0.6 is 0 Å². The van der Waals surface area contributed by atoms with Crippen molar-refractivity contribution in [2.75, 3.05) is 0 Å². The Kier molecular flexibility index (Phi) is 3.76. The van der Waals surface area contributed by atoms with Gasteiger partial charge in [0.15, 0.2) is 0 Å². The molecular weight excluding hydrogens is 214 g/mol. The first-order valence-electron chi connectivity index (χ1n) is 6.92. The SMILES string of the molecule is CC1(C)CCC(OC(=O)C2CCC(N)C2)CC1. The zero-order valence-electron chi connectivity index (χ0n) is 11.1. The van der Waals surface area contributed by atoms with Crippen molar-refractivity contribution in [2.45, 2.75) is 70.9 Å². The molecule has 0 saturated heterocycles. The highest BCUT2D eigenvalue weighted by Crippen LogP contribution is 2.37. The van der Waals surface area contributed by atoms with E-state index in [1.54, 1.807) is 0 Å². The first-order valence-corrected chi connectivity index (χ1v) is 6.92. The third-order valence-corrected chi connectivity index (χ3v) is 4.38. The molecule has 3 nitrogen and oxygen atoms in total. The van der Waals surface area contributed by atoms with Gasteiger partial charge in [0.05, 0.1) is 5.92 Å². The van der Waals surface area contributed by atoms with Crippen LogP contribution in [0.5, 0.6) is 0 Å². The van der Waals surface area contributed by atoms with Gasteiger partial charge in [-0.15, -0.1) is 0 Å². The highest BCUT2D eigenvalue weighted by atomic mass is 16.5. The van der Waals surface area contributed by atoms with Gasteiger partial charge in [0, 0.05) is 6.04 Å². The number of nitrogens with two attached hydrogens (primary N) is 1. The van der Waals surface area contributed by atoms with Gasteiger partial charge < -0.3 is 10.5 Å². The van der Waals surface area contributed by atoms with Crippen LogP contribution in [0.2, 0.25) is 0 Å². The highest BCUT2D eigenvalue weighted by molar-refractivity contribution is 5.73. The highest BCUT2D eigenvalue weighted by Gasteiger charge is 2.33. The van der Waals surface area contributed by atoms with Crippen LogP contribution in [0.15, 0.2) is 0 Å². The molecule has 0 aromatic heterocycles. The van der Waals surface area contributed by atoms with Gasteiger partial charge in [-0.1, -0.05) is 13.8 Å². The van der Waals surface area contributed by atoms with Crippen molar-refractivity contribution in [1.29, 1.82) is 0 Å². The summed E-state index contributed by atoms with van der Waals surface area (Å²) in [5.41, 5.74) is 6.25. The quantitative estimate of drug-likeness (QED) is 0.754. The van der Waals surface area contributed by atoms with E-state index in [2.05, 4.69) is 13.8 Å². The lowest BCUT2D eigenvalue weighted by Crippen LogP contribution is -2.30. The molecule has 0 heterocycles. The monoisotopic (exact) mass is 239 g/mol. The topological polar surface area (TPSA) is 52.3 Å². The van der Waals surface area contributed by atoms with Gasteiger partial charge in [-0.2, -0.15) is 0 Å². The lowest BCUT2D eigenvalue weighted by atomic mass is 9.76. The van der Waals surface area contributed by atoms with Crippen molar-refractivity contribution in [2.24, 2.45) is 17.1 Å². The number of rotatable bonds is 2. The lowest BCUT2D eigenvalue weighted by Gasteiger charge is -2.34. The zero-order chi connectivity index (χ0) is 12.5. The van der Waals surface area contributed by atoms with E-state index < -0.39 is 0 Å². The molecule has 3 heteroatoms. The fraction of sp³-hybridized carbons (Fsp3) is 0.929. The Hall–Kier alpha value is -0.570. The van der Waals surface area contributed by atoms with Crippen molar-refractivity contribution < 1.29 is 9.53 Å². The normalized spacial score (nSPS) is 33.6. The van der Waals surface area contributed by atoms with E-state index in [9.17, 15) is 4.79 Å². The average Bonchev–Trinajstić information content (AvgIpc) is 2.68. The molecular formula is C14H25NO2. The predicted molar refractivity (Wildman–Crippen MR) is 67.4 cm³/mol. The van der Waals surface area contributed by atoms with Gasteiger partial charge in [-0.25, -0.2) is 0 Å². The molecule has 2 aliphatic rings. The van der Waals surface area contributed by atoms with E-state index >= 15 is 0 Å². The van der Waals surface area contributed by atoms with Crippen LogP contribution in [0, 0.1) is 11.3 Å². The van der Waals surface area contributed by atoms with Gasteiger partial charge in [-0.3, -0.25) is 4.79 Å². The van der Waals surface area contributed by atoms with Crippen LogP contribution in [0.4, 0.5) is 0 Å². The molecule has 2 N–H and O–H groups in total. The Bertz CT molecular complexity index is 278. The zero-order valence-corrected chi connectivity index (χ0v) is 11.1. The van der Waals surface area contributed by atoms with Gasteiger partial charge >= 0.3 is 5.97 Å². The number of hydrogen-bond donors (Lipinski definition) is 1. The molecule has 2 unspecified atom stereocenters. The second kappa shape index (κ2) is 4.97. The molecule has 0 aromatic rings. The maximum atomic E-state index is 11.9. The maximum Gasteiger partial charge on any atom is 0.309 e. The summed E-state index contributed by atoms with van der Waals surface area (Å²) in [4.78, 5) is 11.9. The number of esters is 1. The summed E-state index contributed by atoms with van der Waals surface area (Å²) >= 11 is 0. The largest absolute Gasteiger partial charge is 0.462 e. The summed E-state index contributed by atoms with van der Waals surface area (Å²) in [5, 5.41) is 0. The Labute approximate surface area is 104 Å². The number of carbonyl (C=O) groups is 1. The minimum absolute atomic E-state index is 0.00246. The summed E-state index contributed by atoms with van der Waals surface area (Å²) in [6, 6.07) is 0.206. The van der Waals surface area contributed by atoms with Crippen LogP contribution in [0.25, 0.3) is 0 Å². The van der Waals surface area contributed by atoms with Crippen molar-refractivity contribution >= 4 is 5.97 Å². The second-order valence-corrected chi connectivity index (χ2v) is 6.57. The molecule has 98 valence electrons. The van der Waals surface area contributed by atoms with Gasteiger partial charge in [0.2, 0.25) is 0 Å². The molecule has 17 heavy (non-hydrogen) atoms. The molecule has 0 spiro atoms. The summed E-state index contributed by atoms with van der Waals surface area (Å²) in [5.74, 6) is 0.0718. The van der Waals surface area contributed by atoms with E-state index in [4.69, 9.17) is 10.5 Å². The molecule has 0 aromatic carbocycles. The molecule has 2 saturated carbocycles. The fourth-order valence-electron chi connectivity index (χ4n) is 2.98. The van der Waals surface area contributed by atoms with Crippen LogP contribution < -0.4 is 5.73 Å². The minimum atomic E-state index is 0.00246. The van der Waals surface area contributed by atoms with Gasteiger partial charge in [0.1, 0.15) is 6.10 Å². The second-order valence-electron chi connectivity index (χ2n) is 6.57. The van der Waals surface area contributed by atoms with Gasteiger partial charge in [-0.05, 0) is 50.4 Å².